The SMILES string of the molecule is Cc1ccc(N2CC3CCC2C3)c(CBr)c1. The number of hydrogen-bond acceptors (Lipinski definition) is 1. The summed E-state index contributed by atoms with van der Waals surface area (Å²) in [5, 5.41) is 0.970. The molecule has 1 aliphatic carbocycles. The average molecular weight is 280 g/mol. The third-order valence-corrected chi connectivity index (χ3v) is 4.70. The van der Waals surface area contributed by atoms with Crippen molar-refractivity contribution in [1.29, 1.82) is 0 Å². The molecule has 1 nitrogen and oxygen atoms in total. The zero-order valence-corrected chi connectivity index (χ0v) is 11.3. The number of aryl methyl sites for hydroxylation is 1. The molecule has 2 atom stereocenters. The van der Waals surface area contributed by atoms with Gasteiger partial charge in [0.15, 0.2) is 0 Å². The van der Waals surface area contributed by atoms with Crippen molar-refractivity contribution < 1.29 is 0 Å². The van der Waals surface area contributed by atoms with E-state index in [9.17, 15) is 0 Å². The Kier molecular flexibility index (Phi) is 2.70. The van der Waals surface area contributed by atoms with Crippen molar-refractivity contribution in [3.63, 3.8) is 0 Å². The van der Waals surface area contributed by atoms with Crippen molar-refractivity contribution in [3.8, 4) is 0 Å². The minimum Gasteiger partial charge on any atom is -0.368 e. The second-order valence-electron chi connectivity index (χ2n) is 5.25. The lowest BCUT2D eigenvalue weighted by atomic mass is 10.1. The number of hydrogen-bond donors (Lipinski definition) is 0. The van der Waals surface area contributed by atoms with Crippen LogP contribution in [0, 0.1) is 12.8 Å². The van der Waals surface area contributed by atoms with E-state index < -0.39 is 0 Å². The Balaban J connectivity index is 1.94. The maximum Gasteiger partial charge on any atom is 0.0410 e. The van der Waals surface area contributed by atoms with Crippen molar-refractivity contribution in [2.45, 2.75) is 37.6 Å². The summed E-state index contributed by atoms with van der Waals surface area (Å²) >= 11 is 3.62. The van der Waals surface area contributed by atoms with Crippen molar-refractivity contribution in [3.05, 3.63) is 29.3 Å². The van der Waals surface area contributed by atoms with Gasteiger partial charge in [-0.1, -0.05) is 33.6 Å². The zero-order valence-electron chi connectivity index (χ0n) is 9.75. The van der Waals surface area contributed by atoms with Crippen LogP contribution in [0.25, 0.3) is 0 Å². The molecule has 1 aliphatic heterocycles. The lowest BCUT2D eigenvalue weighted by Crippen LogP contribution is -2.32. The van der Waals surface area contributed by atoms with Gasteiger partial charge in [-0.15, -0.1) is 0 Å². The molecule has 0 aromatic heterocycles. The van der Waals surface area contributed by atoms with Crippen LogP contribution in [-0.2, 0) is 5.33 Å². The van der Waals surface area contributed by atoms with Gasteiger partial charge in [-0.05, 0) is 43.7 Å². The number of anilines is 1. The number of halogens is 1. The van der Waals surface area contributed by atoms with Crippen LogP contribution in [0.2, 0.25) is 0 Å². The summed E-state index contributed by atoms with van der Waals surface area (Å²) in [6.07, 6.45) is 4.28. The Morgan fingerprint density at radius 2 is 2.25 bits per heavy atom. The van der Waals surface area contributed by atoms with Crippen LogP contribution >= 0.6 is 15.9 Å². The molecule has 2 aliphatic rings. The highest BCUT2D eigenvalue weighted by Crippen LogP contribution is 2.41. The molecule has 2 unspecified atom stereocenters. The van der Waals surface area contributed by atoms with E-state index in [0.717, 1.165) is 17.3 Å². The van der Waals surface area contributed by atoms with Crippen LogP contribution in [0.4, 0.5) is 5.69 Å². The van der Waals surface area contributed by atoms with E-state index in [-0.39, 0.29) is 0 Å². The molecule has 2 fully saturated rings. The molecule has 1 saturated heterocycles. The van der Waals surface area contributed by atoms with E-state index in [1.807, 2.05) is 0 Å². The van der Waals surface area contributed by atoms with Crippen LogP contribution in [0.5, 0.6) is 0 Å². The fourth-order valence-electron chi connectivity index (χ4n) is 3.32. The van der Waals surface area contributed by atoms with Gasteiger partial charge in [-0.3, -0.25) is 0 Å². The fraction of sp³-hybridized carbons (Fsp3) is 0.571. The minimum atomic E-state index is 0.825. The maximum atomic E-state index is 3.62. The molecular weight excluding hydrogens is 262 g/mol. The molecule has 2 heteroatoms. The second-order valence-corrected chi connectivity index (χ2v) is 5.81. The lowest BCUT2D eigenvalue weighted by Gasteiger charge is -2.31. The molecule has 0 radical (unpaired) electrons. The van der Waals surface area contributed by atoms with E-state index >= 15 is 0 Å². The average Bonchev–Trinajstić information content (AvgIpc) is 2.90. The third-order valence-electron chi connectivity index (χ3n) is 4.10. The number of benzene rings is 1. The smallest absolute Gasteiger partial charge is 0.0410 e. The first-order valence-corrected chi connectivity index (χ1v) is 7.32. The summed E-state index contributed by atoms with van der Waals surface area (Å²) < 4.78 is 0. The van der Waals surface area contributed by atoms with Gasteiger partial charge in [-0.25, -0.2) is 0 Å². The molecule has 16 heavy (non-hydrogen) atoms. The Labute approximate surface area is 106 Å². The number of piperidine rings is 1. The van der Waals surface area contributed by atoms with Gasteiger partial charge in [-0.2, -0.15) is 0 Å². The number of fused-ring (bicyclic) bond motifs is 2. The van der Waals surface area contributed by atoms with E-state index in [0.29, 0.717) is 0 Å². The van der Waals surface area contributed by atoms with Crippen molar-refractivity contribution in [2.75, 3.05) is 11.4 Å². The van der Waals surface area contributed by atoms with E-state index in [2.05, 4.69) is 46.0 Å². The van der Waals surface area contributed by atoms with Gasteiger partial charge in [0.25, 0.3) is 0 Å². The van der Waals surface area contributed by atoms with Gasteiger partial charge in [0.05, 0.1) is 0 Å². The summed E-state index contributed by atoms with van der Waals surface area (Å²) in [4.78, 5) is 2.64. The molecule has 86 valence electrons. The van der Waals surface area contributed by atoms with E-state index in [1.165, 1.54) is 42.6 Å². The highest BCUT2D eigenvalue weighted by atomic mass is 79.9. The number of nitrogens with zero attached hydrogens (tertiary/aromatic N) is 1. The molecule has 1 saturated carbocycles. The molecule has 0 spiro atoms. The van der Waals surface area contributed by atoms with Crippen LogP contribution in [-0.4, -0.2) is 12.6 Å². The van der Waals surface area contributed by atoms with Crippen molar-refractivity contribution >= 4 is 21.6 Å². The topological polar surface area (TPSA) is 3.24 Å². The highest BCUT2D eigenvalue weighted by molar-refractivity contribution is 9.08. The normalized spacial score (nSPS) is 27.8. The molecule has 1 heterocycles. The monoisotopic (exact) mass is 279 g/mol. The first-order chi connectivity index (χ1) is 7.78. The first-order valence-electron chi connectivity index (χ1n) is 6.20. The lowest BCUT2D eigenvalue weighted by molar-refractivity contribution is 0.553. The van der Waals surface area contributed by atoms with Gasteiger partial charge in [0.1, 0.15) is 0 Å². The fourth-order valence-corrected chi connectivity index (χ4v) is 3.77. The summed E-state index contributed by atoms with van der Waals surface area (Å²) in [5.74, 6) is 0.967. The summed E-state index contributed by atoms with van der Waals surface area (Å²) in [6, 6.07) is 7.70. The molecule has 3 rings (SSSR count). The van der Waals surface area contributed by atoms with Gasteiger partial charge in [0.2, 0.25) is 0 Å². The van der Waals surface area contributed by atoms with E-state index in [4.69, 9.17) is 0 Å². The maximum absolute atomic E-state index is 3.62. The molecule has 0 N–H and O–H groups in total. The van der Waals surface area contributed by atoms with Gasteiger partial charge < -0.3 is 4.90 Å². The number of alkyl halides is 1. The molecule has 1 aromatic rings. The predicted octanol–water partition coefficient (Wildman–Crippen LogP) is 3.88. The molecule has 0 amide bonds. The number of rotatable bonds is 2. The summed E-state index contributed by atoms with van der Waals surface area (Å²) in [6.45, 7) is 3.46. The third kappa shape index (κ3) is 1.67. The quantitative estimate of drug-likeness (QED) is 0.743. The van der Waals surface area contributed by atoms with E-state index in [1.54, 1.807) is 0 Å². The minimum absolute atomic E-state index is 0.825. The predicted molar refractivity (Wildman–Crippen MR) is 72.3 cm³/mol. The largest absolute Gasteiger partial charge is 0.368 e. The van der Waals surface area contributed by atoms with Gasteiger partial charge >= 0.3 is 0 Å². The molecular formula is C14H18BrN. The standard InChI is InChI=1S/C14H18BrN/c1-10-2-5-14(12(6-10)8-15)16-9-11-3-4-13(16)7-11/h2,5-6,11,13H,3-4,7-9H2,1H3. The highest BCUT2D eigenvalue weighted by Gasteiger charge is 2.38. The molecule has 1 aromatic carbocycles. The second kappa shape index (κ2) is 4.06. The van der Waals surface area contributed by atoms with Crippen molar-refractivity contribution in [2.24, 2.45) is 5.92 Å². The Bertz CT molecular complexity index is 402. The Morgan fingerprint density at radius 3 is 2.88 bits per heavy atom. The van der Waals surface area contributed by atoms with Crippen LogP contribution in [0.1, 0.15) is 30.4 Å². The van der Waals surface area contributed by atoms with Crippen LogP contribution in [0.3, 0.4) is 0 Å². The first kappa shape index (κ1) is 10.6. The van der Waals surface area contributed by atoms with Crippen LogP contribution < -0.4 is 4.90 Å². The Morgan fingerprint density at radius 1 is 1.38 bits per heavy atom. The van der Waals surface area contributed by atoms with Crippen molar-refractivity contribution in [1.82, 2.24) is 0 Å². The summed E-state index contributed by atoms with van der Waals surface area (Å²) in [5.41, 5.74) is 4.28. The Hall–Kier alpha value is -0.500. The zero-order chi connectivity index (χ0) is 11.1. The molecule has 2 bridgehead atoms. The van der Waals surface area contributed by atoms with Crippen LogP contribution in [0.15, 0.2) is 18.2 Å². The van der Waals surface area contributed by atoms with Gasteiger partial charge in [0, 0.05) is 23.6 Å². The summed E-state index contributed by atoms with van der Waals surface area (Å²) in [7, 11) is 0.